The van der Waals surface area contributed by atoms with Crippen LogP contribution < -0.4 is 5.32 Å². The third-order valence-electron chi connectivity index (χ3n) is 16.7. The SMILES string of the molecule is CCCCCCCCCCCCCCCCCC/C=C/CCCC(O)C(O)C(CO)NC(=O)C(O)CCCCCCCCCCCCCCCCCCCCCCCCCCCCCCCCCCCCCCCC. The maximum Gasteiger partial charge on any atom is 0.249 e. The second kappa shape index (κ2) is 63.9. The van der Waals surface area contributed by atoms with E-state index in [1.807, 2.05) is 0 Å². The third kappa shape index (κ3) is 57.5. The molecule has 75 heavy (non-hydrogen) atoms. The predicted molar refractivity (Wildman–Crippen MR) is 330 cm³/mol. The van der Waals surface area contributed by atoms with Crippen molar-refractivity contribution in [2.45, 2.75) is 417 Å². The predicted octanol–water partition coefficient (Wildman–Crippen LogP) is 21.2. The van der Waals surface area contributed by atoms with Crippen LogP contribution in [0, 0.1) is 0 Å². The van der Waals surface area contributed by atoms with Gasteiger partial charge in [-0.25, -0.2) is 0 Å². The monoisotopic (exact) mass is 1060 g/mol. The molecule has 6 nitrogen and oxygen atoms in total. The molecule has 4 atom stereocenters. The first-order chi connectivity index (χ1) is 37.0. The molecule has 0 fully saturated rings. The molecule has 0 spiro atoms. The maximum absolute atomic E-state index is 12.6. The van der Waals surface area contributed by atoms with Gasteiger partial charge in [0, 0.05) is 0 Å². The number of aliphatic hydroxyl groups excluding tert-OH is 4. The fourth-order valence-corrected chi connectivity index (χ4v) is 11.4. The van der Waals surface area contributed by atoms with Crippen LogP contribution in [0.1, 0.15) is 393 Å². The van der Waals surface area contributed by atoms with Crippen molar-refractivity contribution in [2.75, 3.05) is 6.61 Å². The van der Waals surface area contributed by atoms with Gasteiger partial charge in [0.25, 0.3) is 0 Å². The number of nitrogens with one attached hydrogen (secondary N) is 1. The molecule has 0 radical (unpaired) electrons. The largest absolute Gasteiger partial charge is 0.394 e. The molecule has 448 valence electrons. The van der Waals surface area contributed by atoms with Crippen LogP contribution in [0.25, 0.3) is 0 Å². The zero-order valence-corrected chi connectivity index (χ0v) is 51.1. The van der Waals surface area contributed by atoms with E-state index in [4.69, 9.17) is 0 Å². The van der Waals surface area contributed by atoms with Crippen molar-refractivity contribution >= 4 is 5.91 Å². The molecule has 0 aliphatic carbocycles. The summed E-state index contributed by atoms with van der Waals surface area (Å²) in [5.74, 6) is -0.584. The molecule has 0 saturated carbocycles. The topological polar surface area (TPSA) is 110 Å². The minimum atomic E-state index is -1.28. The molecule has 0 bridgehead atoms. The van der Waals surface area contributed by atoms with Crippen LogP contribution in [0.2, 0.25) is 0 Å². The number of carbonyl (C=O) groups excluding carboxylic acids is 1. The highest BCUT2D eigenvalue weighted by atomic mass is 16.3. The summed E-state index contributed by atoms with van der Waals surface area (Å²) in [7, 11) is 0. The standard InChI is InChI=1S/C69H137NO5/c1-3-5-7-9-11-13-15-17-19-21-23-25-26-27-28-29-30-31-32-33-34-35-36-37-38-39-40-41-43-45-47-49-51-53-55-57-59-61-63-67(73)69(75)70-65(64-71)68(74)66(72)62-60-58-56-54-52-50-48-46-44-42-24-22-20-18-16-14-12-10-8-6-4-2/h54,56,65-68,71-74H,3-53,55,57-64H2,1-2H3,(H,70,75)/b56-54+. The summed E-state index contributed by atoms with van der Waals surface area (Å²) >= 11 is 0. The van der Waals surface area contributed by atoms with Gasteiger partial charge in [0.1, 0.15) is 12.2 Å². The Morgan fingerprint density at radius 2 is 0.547 bits per heavy atom. The maximum atomic E-state index is 12.6. The van der Waals surface area contributed by atoms with Crippen molar-refractivity contribution < 1.29 is 25.2 Å². The minimum absolute atomic E-state index is 0.369. The molecule has 6 heteroatoms. The van der Waals surface area contributed by atoms with Gasteiger partial charge in [0.15, 0.2) is 0 Å². The first kappa shape index (κ1) is 74.0. The van der Waals surface area contributed by atoms with Crippen molar-refractivity contribution in [1.29, 1.82) is 0 Å². The number of amides is 1. The highest BCUT2D eigenvalue weighted by Crippen LogP contribution is 2.20. The summed E-state index contributed by atoms with van der Waals surface area (Å²) in [5.41, 5.74) is 0. The molecule has 0 aliphatic rings. The number of hydrogen-bond acceptors (Lipinski definition) is 5. The highest BCUT2D eigenvalue weighted by Gasteiger charge is 2.28. The van der Waals surface area contributed by atoms with Crippen LogP contribution in [-0.2, 0) is 4.79 Å². The van der Waals surface area contributed by atoms with E-state index in [0.717, 1.165) is 38.5 Å². The zero-order chi connectivity index (χ0) is 54.4. The number of rotatable bonds is 65. The van der Waals surface area contributed by atoms with E-state index in [0.29, 0.717) is 12.8 Å². The average molecular weight is 1060 g/mol. The lowest BCUT2D eigenvalue weighted by Crippen LogP contribution is -2.53. The first-order valence-electron chi connectivity index (χ1n) is 34.6. The molecule has 0 aromatic rings. The number of hydrogen-bond donors (Lipinski definition) is 5. The fraction of sp³-hybridized carbons (Fsp3) is 0.957. The fourth-order valence-electron chi connectivity index (χ4n) is 11.4. The molecule has 0 aliphatic heterocycles. The summed E-state index contributed by atoms with van der Waals surface area (Å²) in [6.45, 7) is 4.10. The lowest BCUT2D eigenvalue weighted by Gasteiger charge is -2.27. The highest BCUT2D eigenvalue weighted by molar-refractivity contribution is 5.80. The summed E-state index contributed by atoms with van der Waals surface area (Å²) in [6.07, 6.45) is 79.2. The van der Waals surface area contributed by atoms with Crippen LogP contribution in [0.3, 0.4) is 0 Å². The Hall–Kier alpha value is -0.950. The second-order valence-electron chi connectivity index (χ2n) is 24.2. The molecule has 5 N–H and O–H groups in total. The zero-order valence-electron chi connectivity index (χ0n) is 51.1. The van der Waals surface area contributed by atoms with E-state index in [1.165, 1.54) is 327 Å². The Labute approximate surface area is 470 Å². The average Bonchev–Trinajstić information content (AvgIpc) is 3.42. The molecule has 0 rings (SSSR count). The Morgan fingerprint density at radius 3 is 0.800 bits per heavy atom. The smallest absolute Gasteiger partial charge is 0.249 e. The van der Waals surface area contributed by atoms with Gasteiger partial charge >= 0.3 is 0 Å². The Kier molecular flexibility index (Phi) is 63.1. The van der Waals surface area contributed by atoms with Crippen molar-refractivity contribution in [3.05, 3.63) is 12.2 Å². The lowest BCUT2D eigenvalue weighted by molar-refractivity contribution is -0.132. The van der Waals surface area contributed by atoms with Gasteiger partial charge in [-0.05, 0) is 38.5 Å². The molecule has 1 amide bonds. The van der Waals surface area contributed by atoms with E-state index >= 15 is 0 Å². The van der Waals surface area contributed by atoms with Gasteiger partial charge in [-0.2, -0.15) is 0 Å². The quantitative estimate of drug-likeness (QED) is 0.0308. The Bertz CT molecular complexity index is 1100. The van der Waals surface area contributed by atoms with E-state index < -0.39 is 36.9 Å². The molecular weight excluding hydrogens is 923 g/mol. The Balaban J connectivity index is 3.50. The van der Waals surface area contributed by atoms with Gasteiger partial charge < -0.3 is 25.7 Å². The summed E-state index contributed by atoms with van der Waals surface area (Å²) < 4.78 is 0. The van der Waals surface area contributed by atoms with Crippen LogP contribution in [-0.4, -0.2) is 57.3 Å². The number of allylic oxidation sites excluding steroid dienone is 2. The van der Waals surface area contributed by atoms with Gasteiger partial charge in [0.2, 0.25) is 5.91 Å². The van der Waals surface area contributed by atoms with Crippen LogP contribution in [0.5, 0.6) is 0 Å². The van der Waals surface area contributed by atoms with Crippen LogP contribution >= 0.6 is 0 Å². The van der Waals surface area contributed by atoms with E-state index in [-0.39, 0.29) is 0 Å². The van der Waals surface area contributed by atoms with Crippen molar-refractivity contribution in [3.63, 3.8) is 0 Å². The number of aliphatic hydroxyl groups is 4. The minimum Gasteiger partial charge on any atom is -0.394 e. The Morgan fingerprint density at radius 1 is 0.320 bits per heavy atom. The van der Waals surface area contributed by atoms with Crippen molar-refractivity contribution in [3.8, 4) is 0 Å². The van der Waals surface area contributed by atoms with E-state index in [2.05, 4.69) is 31.3 Å². The number of carbonyl (C=O) groups is 1. The summed E-state index contributed by atoms with van der Waals surface area (Å²) in [4.78, 5) is 12.6. The van der Waals surface area contributed by atoms with Gasteiger partial charge in [-0.1, -0.05) is 366 Å². The first-order valence-corrected chi connectivity index (χ1v) is 34.6. The van der Waals surface area contributed by atoms with Gasteiger partial charge in [-0.15, -0.1) is 0 Å². The second-order valence-corrected chi connectivity index (χ2v) is 24.2. The summed E-state index contributed by atoms with van der Waals surface area (Å²) in [6, 6.07) is -1.000. The molecule has 0 aromatic carbocycles. The van der Waals surface area contributed by atoms with Crippen molar-refractivity contribution in [1.82, 2.24) is 5.32 Å². The van der Waals surface area contributed by atoms with E-state index in [1.54, 1.807) is 0 Å². The molecule has 0 heterocycles. The van der Waals surface area contributed by atoms with Gasteiger partial charge in [0.05, 0.1) is 18.8 Å². The normalized spacial score (nSPS) is 13.5. The molecular formula is C69H137NO5. The van der Waals surface area contributed by atoms with Crippen LogP contribution in [0.15, 0.2) is 12.2 Å². The van der Waals surface area contributed by atoms with Crippen molar-refractivity contribution in [2.24, 2.45) is 0 Å². The molecule has 4 unspecified atom stereocenters. The summed E-state index contributed by atoms with van der Waals surface area (Å²) in [5, 5.41) is 44.1. The van der Waals surface area contributed by atoms with Gasteiger partial charge in [-0.3, -0.25) is 4.79 Å². The molecule has 0 saturated heterocycles. The molecule has 0 aromatic heterocycles. The lowest BCUT2D eigenvalue weighted by atomic mass is 10.00. The van der Waals surface area contributed by atoms with E-state index in [9.17, 15) is 25.2 Å². The third-order valence-corrected chi connectivity index (χ3v) is 16.7. The van der Waals surface area contributed by atoms with Crippen LogP contribution in [0.4, 0.5) is 0 Å². The number of unbranched alkanes of at least 4 members (excludes halogenated alkanes) is 54.